The molecule has 0 radical (unpaired) electrons. The first-order valence-corrected chi connectivity index (χ1v) is 11.2. The third-order valence-electron chi connectivity index (χ3n) is 6.11. The molecule has 2 aromatic carbocycles. The number of hydrogen-bond acceptors (Lipinski definition) is 2. The molecule has 6 aromatic rings. The number of hydrogen-bond donors (Lipinski definition) is 0. The molecule has 0 saturated heterocycles. The van der Waals surface area contributed by atoms with Crippen molar-refractivity contribution in [1.82, 2.24) is 8.80 Å². The summed E-state index contributed by atoms with van der Waals surface area (Å²) in [6, 6.07) is 13.5. The number of benzene rings is 2. The van der Waals surface area contributed by atoms with Crippen molar-refractivity contribution in [2.24, 2.45) is 0 Å². The van der Waals surface area contributed by atoms with Crippen LogP contribution in [0.2, 0.25) is 0 Å². The van der Waals surface area contributed by atoms with Crippen LogP contribution in [0.1, 0.15) is 0 Å². The van der Waals surface area contributed by atoms with Crippen molar-refractivity contribution in [1.29, 1.82) is 0 Å². The van der Waals surface area contributed by atoms with Crippen LogP contribution in [-0.2, 0) is 13.1 Å². The number of halogens is 8. The van der Waals surface area contributed by atoms with Crippen molar-refractivity contribution in [3.63, 3.8) is 0 Å². The summed E-state index contributed by atoms with van der Waals surface area (Å²) in [6.45, 7) is -3.02. The molecule has 4 aromatic heterocycles. The molecule has 0 aliphatic heterocycles. The monoisotopic (exact) mass is 556 g/mol. The molecule has 0 amide bonds. The fourth-order valence-corrected chi connectivity index (χ4v) is 4.42. The van der Waals surface area contributed by atoms with Gasteiger partial charge < -0.3 is 0 Å². The first-order chi connectivity index (χ1) is 18.2. The summed E-state index contributed by atoms with van der Waals surface area (Å²) < 4.78 is 104. The topological polar surface area (TPSA) is 50.7 Å². The van der Waals surface area contributed by atoms with Crippen LogP contribution in [0.5, 0.6) is 0 Å². The maximum absolute atomic E-state index is 13.1. The molecule has 0 saturated carbocycles. The molecule has 0 N–H and O–H groups in total. The van der Waals surface area contributed by atoms with Crippen molar-refractivity contribution in [2.75, 3.05) is 0 Å². The first kappa shape index (κ1) is 26.3. The summed E-state index contributed by atoms with van der Waals surface area (Å²) in [6.07, 6.45) is -5.01. The van der Waals surface area contributed by atoms with Crippen LogP contribution in [0.4, 0.5) is 35.1 Å². The number of para-hydroxylation sites is 2. The average Bonchev–Trinajstić information content (AvgIpc) is 3.46. The molecule has 0 spiro atoms. The fourth-order valence-electron chi connectivity index (χ4n) is 4.42. The maximum atomic E-state index is 13.1. The number of rotatable bonds is 3. The molecule has 6 nitrogen and oxygen atoms in total. The lowest BCUT2D eigenvalue weighted by Crippen LogP contribution is -2.60. The Hall–Kier alpha value is -4.36. The van der Waals surface area contributed by atoms with Gasteiger partial charge in [0.05, 0.1) is 10.8 Å². The van der Waals surface area contributed by atoms with Crippen molar-refractivity contribution in [3.05, 3.63) is 94.3 Å². The van der Waals surface area contributed by atoms with Crippen LogP contribution >= 0.6 is 0 Å². The molecule has 0 fully saturated rings. The van der Waals surface area contributed by atoms with Gasteiger partial charge in [0.1, 0.15) is 24.8 Å². The minimum absolute atomic E-state index is 0.384. The van der Waals surface area contributed by atoms with E-state index in [1.54, 1.807) is 42.5 Å². The second kappa shape index (κ2) is 8.85. The lowest BCUT2D eigenvalue weighted by atomic mass is 10.2. The smallest absolute Gasteiger partial charge is 0.196 e. The molecule has 14 heteroatoms. The molecule has 0 aliphatic carbocycles. The van der Waals surface area contributed by atoms with Crippen LogP contribution in [0.15, 0.2) is 82.9 Å². The van der Waals surface area contributed by atoms with Crippen molar-refractivity contribution in [2.45, 2.75) is 31.4 Å². The Morgan fingerprint density at radius 3 is 1.41 bits per heavy atom. The molecule has 0 aliphatic rings. The van der Waals surface area contributed by atoms with Gasteiger partial charge in [0.2, 0.25) is 0 Å². The van der Waals surface area contributed by atoms with Crippen LogP contribution in [-0.4, -0.2) is 27.1 Å². The molecule has 6 rings (SSSR count). The zero-order valence-electron chi connectivity index (χ0n) is 19.5. The number of aromatic nitrogens is 4. The third-order valence-corrected chi connectivity index (χ3v) is 6.11. The molecule has 0 unspecified atom stereocenters. The zero-order valence-corrected chi connectivity index (χ0v) is 19.5. The highest BCUT2D eigenvalue weighted by Crippen LogP contribution is 2.35. The van der Waals surface area contributed by atoms with E-state index >= 15 is 0 Å². The Balaban J connectivity index is 0.000000160. The molecule has 4 heterocycles. The molecule has 39 heavy (non-hydrogen) atoms. The van der Waals surface area contributed by atoms with Crippen LogP contribution in [0.25, 0.3) is 32.6 Å². The van der Waals surface area contributed by atoms with Crippen molar-refractivity contribution < 1.29 is 44.3 Å². The standard InChI is InChI=1S/C13H8F5N2O.C12H8F3N2O/c14-12(15,13(16,17)18)7-19-6-9-3-1-2-8-4-5-20(10(8)9)11(19)21;13-12(14,15)7-16-6-9-3-1-2-8-4-5-17(10(8)9)11(16)18/h1-6H,7H2;1-6H,7H2/q2*+1. The average molecular weight is 556 g/mol. The third kappa shape index (κ3) is 4.70. The van der Waals surface area contributed by atoms with E-state index in [-0.39, 0.29) is 0 Å². The Morgan fingerprint density at radius 2 is 1.00 bits per heavy atom. The van der Waals surface area contributed by atoms with E-state index in [4.69, 9.17) is 0 Å². The quantitative estimate of drug-likeness (QED) is 0.244. The normalized spacial score (nSPS) is 13.0. The maximum Gasteiger partial charge on any atom is 0.503 e. The van der Waals surface area contributed by atoms with E-state index in [1.165, 1.54) is 23.0 Å². The van der Waals surface area contributed by atoms with Crippen LogP contribution < -0.4 is 20.5 Å². The Kier molecular flexibility index (Phi) is 5.96. The predicted octanol–water partition coefficient (Wildman–Crippen LogP) is 4.12. The fraction of sp³-hybridized carbons (Fsp3) is 0.200. The number of alkyl halides is 8. The van der Waals surface area contributed by atoms with E-state index in [0.29, 0.717) is 36.3 Å². The molecule has 202 valence electrons. The SMILES string of the molecule is O=c1n2ccc3cccc(c[n+]1CC(F)(F)C(F)(F)F)c32.O=c1n2ccc3cccc(c[n+]1CC(F)(F)F)c32. The minimum Gasteiger partial charge on any atom is -0.196 e. The van der Waals surface area contributed by atoms with Gasteiger partial charge in [-0.05, 0) is 24.3 Å². The number of nitrogens with zero attached hydrogens (tertiary/aromatic N) is 4. The van der Waals surface area contributed by atoms with Gasteiger partial charge in [-0.1, -0.05) is 24.3 Å². The second-order valence-electron chi connectivity index (χ2n) is 8.84. The summed E-state index contributed by atoms with van der Waals surface area (Å²) in [5.41, 5.74) is -0.469. The van der Waals surface area contributed by atoms with E-state index in [9.17, 15) is 44.7 Å². The Bertz CT molecular complexity index is 1920. The second-order valence-corrected chi connectivity index (χ2v) is 8.84. The van der Waals surface area contributed by atoms with Crippen LogP contribution in [0, 0.1) is 0 Å². The Morgan fingerprint density at radius 1 is 0.590 bits per heavy atom. The summed E-state index contributed by atoms with van der Waals surface area (Å²) in [5, 5.41) is 2.57. The lowest BCUT2D eigenvalue weighted by molar-refractivity contribution is -0.734. The highest BCUT2D eigenvalue weighted by Gasteiger charge is 2.59. The van der Waals surface area contributed by atoms with Crippen molar-refractivity contribution in [3.8, 4) is 0 Å². The first-order valence-electron chi connectivity index (χ1n) is 11.2. The molecule has 0 atom stereocenters. The molecule has 0 bridgehead atoms. The summed E-state index contributed by atoms with van der Waals surface area (Å²) in [5.74, 6) is -4.97. The highest BCUT2D eigenvalue weighted by molar-refractivity contribution is 5.95. The van der Waals surface area contributed by atoms with E-state index in [0.717, 1.165) is 16.0 Å². The summed E-state index contributed by atoms with van der Waals surface area (Å²) in [4.78, 5) is 23.9. The molecular formula is C25H16F8N4O2+2. The highest BCUT2D eigenvalue weighted by atomic mass is 19.4. The lowest BCUT2D eigenvalue weighted by Gasteiger charge is -2.17. The van der Waals surface area contributed by atoms with Crippen LogP contribution in [0.3, 0.4) is 0 Å². The van der Waals surface area contributed by atoms with E-state index in [1.807, 2.05) is 6.07 Å². The summed E-state index contributed by atoms with van der Waals surface area (Å²) in [7, 11) is 0. The van der Waals surface area contributed by atoms with E-state index in [2.05, 4.69) is 0 Å². The van der Waals surface area contributed by atoms with Gasteiger partial charge in [-0.25, -0.2) is 0 Å². The van der Waals surface area contributed by atoms with Crippen molar-refractivity contribution >= 4 is 32.6 Å². The van der Waals surface area contributed by atoms with Gasteiger partial charge in [0.25, 0.3) is 0 Å². The minimum atomic E-state index is -5.70. The Labute approximate surface area is 211 Å². The van der Waals surface area contributed by atoms with Gasteiger partial charge in [0.15, 0.2) is 24.1 Å². The largest absolute Gasteiger partial charge is 0.503 e. The van der Waals surface area contributed by atoms with Gasteiger partial charge in [-0.3, -0.25) is 0 Å². The van der Waals surface area contributed by atoms with Gasteiger partial charge in [-0.15, -0.1) is 0 Å². The predicted molar refractivity (Wildman–Crippen MR) is 122 cm³/mol. The zero-order chi connectivity index (χ0) is 28.3. The van der Waals surface area contributed by atoms with Gasteiger partial charge in [0, 0.05) is 10.8 Å². The molecular weight excluding hydrogens is 540 g/mol. The van der Waals surface area contributed by atoms with Gasteiger partial charge >= 0.3 is 29.7 Å². The summed E-state index contributed by atoms with van der Waals surface area (Å²) >= 11 is 0. The van der Waals surface area contributed by atoms with Gasteiger partial charge in [-0.2, -0.15) is 62.6 Å². The van der Waals surface area contributed by atoms with E-state index < -0.39 is 42.7 Å².